The Balaban J connectivity index is 2.29. The van der Waals surface area contributed by atoms with Crippen LogP contribution in [0.2, 0.25) is 0 Å². The molecule has 1 fully saturated rings. The first kappa shape index (κ1) is 16.9. The number of hydrogen-bond acceptors (Lipinski definition) is 4. The highest BCUT2D eigenvalue weighted by molar-refractivity contribution is 5.76. The maximum atomic E-state index is 11.8. The Labute approximate surface area is 120 Å². The minimum Gasteiger partial charge on any atom is -0.481 e. The normalized spacial score (nSPS) is 20.6. The van der Waals surface area contributed by atoms with Crippen LogP contribution in [0.3, 0.4) is 0 Å². The molecule has 0 bridgehead atoms. The number of carbonyl (C=O) groups excluding carboxylic acids is 1. The number of hydrogen-bond donors (Lipinski definition) is 3. The molecule has 6 heteroatoms. The predicted molar refractivity (Wildman–Crippen MR) is 75.4 cm³/mol. The molecule has 1 amide bonds. The van der Waals surface area contributed by atoms with Gasteiger partial charge in [-0.05, 0) is 18.3 Å². The van der Waals surface area contributed by atoms with Gasteiger partial charge in [0, 0.05) is 26.1 Å². The Bertz CT molecular complexity index is 314. The Morgan fingerprint density at radius 1 is 1.45 bits per heavy atom. The van der Waals surface area contributed by atoms with Crippen LogP contribution < -0.4 is 10.6 Å². The number of carbonyl (C=O) groups is 2. The Morgan fingerprint density at radius 2 is 2.20 bits per heavy atom. The van der Waals surface area contributed by atoms with Crippen molar-refractivity contribution in [3.05, 3.63) is 0 Å². The molecule has 0 radical (unpaired) electrons. The zero-order valence-electron chi connectivity index (χ0n) is 12.4. The Morgan fingerprint density at radius 3 is 2.75 bits per heavy atom. The van der Waals surface area contributed by atoms with Crippen molar-refractivity contribution in [1.29, 1.82) is 0 Å². The summed E-state index contributed by atoms with van der Waals surface area (Å²) in [5, 5.41) is 14.9. The SMILES string of the molecule is CC(C)CC(CNC(=O)CC1CNCCO1)CC(=O)O. The van der Waals surface area contributed by atoms with Gasteiger partial charge in [-0.15, -0.1) is 0 Å². The van der Waals surface area contributed by atoms with Crippen molar-refractivity contribution < 1.29 is 19.4 Å². The zero-order chi connectivity index (χ0) is 15.0. The molecule has 0 aromatic rings. The van der Waals surface area contributed by atoms with Gasteiger partial charge in [0.1, 0.15) is 0 Å². The molecule has 116 valence electrons. The summed E-state index contributed by atoms with van der Waals surface area (Å²) in [6.45, 7) is 6.68. The van der Waals surface area contributed by atoms with Crippen LogP contribution in [-0.2, 0) is 14.3 Å². The van der Waals surface area contributed by atoms with Gasteiger partial charge in [0.25, 0.3) is 0 Å². The monoisotopic (exact) mass is 286 g/mol. The van der Waals surface area contributed by atoms with E-state index in [1.165, 1.54) is 0 Å². The van der Waals surface area contributed by atoms with Gasteiger partial charge in [0.05, 0.1) is 19.1 Å². The number of carboxylic acid groups (broad SMARTS) is 1. The summed E-state index contributed by atoms with van der Waals surface area (Å²) in [7, 11) is 0. The molecule has 2 atom stereocenters. The molecule has 0 saturated carbocycles. The third-order valence-corrected chi connectivity index (χ3v) is 3.27. The summed E-state index contributed by atoms with van der Waals surface area (Å²) in [6, 6.07) is 0. The Kier molecular flexibility index (Phi) is 7.54. The van der Waals surface area contributed by atoms with E-state index >= 15 is 0 Å². The van der Waals surface area contributed by atoms with Gasteiger partial charge in [-0.1, -0.05) is 13.8 Å². The van der Waals surface area contributed by atoms with Crippen LogP contribution in [-0.4, -0.2) is 49.3 Å². The maximum Gasteiger partial charge on any atom is 0.303 e. The fourth-order valence-corrected chi connectivity index (χ4v) is 2.44. The van der Waals surface area contributed by atoms with Crippen LogP contribution in [0.15, 0.2) is 0 Å². The van der Waals surface area contributed by atoms with Crippen molar-refractivity contribution in [2.24, 2.45) is 11.8 Å². The van der Waals surface area contributed by atoms with Gasteiger partial charge in [-0.2, -0.15) is 0 Å². The molecule has 0 aliphatic carbocycles. The van der Waals surface area contributed by atoms with E-state index in [4.69, 9.17) is 9.84 Å². The summed E-state index contributed by atoms with van der Waals surface area (Å²) in [6.07, 6.45) is 1.15. The van der Waals surface area contributed by atoms with Crippen LogP contribution >= 0.6 is 0 Å². The molecule has 0 spiro atoms. The van der Waals surface area contributed by atoms with Crippen molar-refractivity contribution in [3.8, 4) is 0 Å². The van der Waals surface area contributed by atoms with Gasteiger partial charge in [0.2, 0.25) is 5.91 Å². The van der Waals surface area contributed by atoms with Crippen LogP contribution in [0.25, 0.3) is 0 Å². The van der Waals surface area contributed by atoms with Crippen LogP contribution in [0.4, 0.5) is 0 Å². The van der Waals surface area contributed by atoms with Gasteiger partial charge in [0.15, 0.2) is 0 Å². The van der Waals surface area contributed by atoms with E-state index < -0.39 is 5.97 Å². The Hall–Kier alpha value is -1.14. The predicted octanol–water partition coefficient (Wildman–Crippen LogP) is 0.618. The molecule has 1 saturated heterocycles. The molecular weight excluding hydrogens is 260 g/mol. The number of amides is 1. The average Bonchev–Trinajstić information content (AvgIpc) is 2.36. The second-order valence-electron chi connectivity index (χ2n) is 5.80. The highest BCUT2D eigenvalue weighted by Crippen LogP contribution is 2.15. The number of carboxylic acids is 1. The van der Waals surface area contributed by atoms with E-state index in [1.807, 2.05) is 0 Å². The highest BCUT2D eigenvalue weighted by Gasteiger charge is 2.19. The van der Waals surface area contributed by atoms with E-state index in [1.54, 1.807) is 0 Å². The lowest BCUT2D eigenvalue weighted by Crippen LogP contribution is -2.42. The van der Waals surface area contributed by atoms with Gasteiger partial charge >= 0.3 is 5.97 Å². The van der Waals surface area contributed by atoms with Crippen molar-refractivity contribution in [2.45, 2.75) is 39.2 Å². The molecule has 20 heavy (non-hydrogen) atoms. The van der Waals surface area contributed by atoms with E-state index in [-0.39, 0.29) is 24.3 Å². The summed E-state index contributed by atoms with van der Waals surface area (Å²) in [5.41, 5.74) is 0. The molecule has 1 aliphatic rings. The third-order valence-electron chi connectivity index (χ3n) is 3.27. The number of rotatable bonds is 8. The fraction of sp³-hybridized carbons (Fsp3) is 0.857. The fourth-order valence-electron chi connectivity index (χ4n) is 2.44. The largest absolute Gasteiger partial charge is 0.481 e. The molecule has 6 nitrogen and oxygen atoms in total. The van der Waals surface area contributed by atoms with E-state index in [0.29, 0.717) is 32.0 Å². The summed E-state index contributed by atoms with van der Waals surface area (Å²) >= 11 is 0. The zero-order valence-corrected chi connectivity index (χ0v) is 12.4. The molecule has 2 unspecified atom stereocenters. The number of morpholine rings is 1. The second-order valence-corrected chi connectivity index (χ2v) is 5.80. The summed E-state index contributed by atoms with van der Waals surface area (Å²) in [5.74, 6) is -0.480. The molecule has 1 heterocycles. The maximum absolute atomic E-state index is 11.8. The highest BCUT2D eigenvalue weighted by atomic mass is 16.5. The first-order chi connectivity index (χ1) is 9.47. The minimum absolute atomic E-state index is 0.0122. The van der Waals surface area contributed by atoms with Crippen molar-refractivity contribution in [3.63, 3.8) is 0 Å². The summed E-state index contributed by atoms with van der Waals surface area (Å²) in [4.78, 5) is 22.6. The van der Waals surface area contributed by atoms with E-state index in [2.05, 4.69) is 24.5 Å². The molecular formula is C14H26N2O4. The lowest BCUT2D eigenvalue weighted by atomic mass is 9.94. The van der Waals surface area contributed by atoms with E-state index in [9.17, 15) is 9.59 Å². The van der Waals surface area contributed by atoms with Crippen molar-refractivity contribution in [1.82, 2.24) is 10.6 Å². The van der Waals surface area contributed by atoms with Crippen LogP contribution in [0.1, 0.15) is 33.1 Å². The van der Waals surface area contributed by atoms with Gasteiger partial charge < -0.3 is 20.5 Å². The lowest BCUT2D eigenvalue weighted by Gasteiger charge is -2.23. The minimum atomic E-state index is -0.815. The topological polar surface area (TPSA) is 87.7 Å². The standard InChI is InChI=1S/C14H26N2O4/c1-10(2)5-11(6-14(18)19)8-16-13(17)7-12-9-15-3-4-20-12/h10-12,15H,3-9H2,1-2H3,(H,16,17)(H,18,19). The number of ether oxygens (including phenoxy) is 1. The van der Waals surface area contributed by atoms with Crippen LogP contribution in [0, 0.1) is 11.8 Å². The molecule has 0 aromatic carbocycles. The summed E-state index contributed by atoms with van der Waals surface area (Å²) < 4.78 is 5.47. The lowest BCUT2D eigenvalue weighted by molar-refractivity contribution is -0.138. The number of aliphatic carboxylic acids is 1. The first-order valence-corrected chi connectivity index (χ1v) is 7.28. The molecule has 1 rings (SSSR count). The third kappa shape index (κ3) is 7.45. The number of nitrogens with one attached hydrogen (secondary N) is 2. The van der Waals surface area contributed by atoms with E-state index in [0.717, 1.165) is 13.0 Å². The van der Waals surface area contributed by atoms with Crippen molar-refractivity contribution in [2.75, 3.05) is 26.2 Å². The van der Waals surface area contributed by atoms with Crippen molar-refractivity contribution >= 4 is 11.9 Å². The quantitative estimate of drug-likeness (QED) is 0.609. The smallest absolute Gasteiger partial charge is 0.303 e. The molecule has 0 aromatic heterocycles. The van der Waals surface area contributed by atoms with Gasteiger partial charge in [-0.25, -0.2) is 0 Å². The average molecular weight is 286 g/mol. The first-order valence-electron chi connectivity index (χ1n) is 7.28. The second kappa shape index (κ2) is 8.92. The molecule has 1 aliphatic heterocycles. The van der Waals surface area contributed by atoms with Crippen LogP contribution in [0.5, 0.6) is 0 Å². The van der Waals surface area contributed by atoms with Gasteiger partial charge in [-0.3, -0.25) is 9.59 Å². The molecule has 3 N–H and O–H groups in total.